The van der Waals surface area contributed by atoms with Crippen molar-refractivity contribution in [2.75, 3.05) is 11.1 Å². The molecule has 1 aromatic heterocycles. The molecule has 0 fully saturated rings. The van der Waals surface area contributed by atoms with Crippen LogP contribution in [0.15, 0.2) is 58.6 Å². The smallest absolute Gasteiger partial charge is 0.287 e. The first-order valence-corrected chi connectivity index (χ1v) is 9.05. The van der Waals surface area contributed by atoms with E-state index in [4.69, 9.17) is 0 Å². The lowest BCUT2D eigenvalue weighted by molar-refractivity contribution is -0.113. The van der Waals surface area contributed by atoms with Crippen molar-refractivity contribution < 1.29 is 18.0 Å². The molecule has 0 saturated heterocycles. The molecule has 1 N–H and O–H groups in total. The third kappa shape index (κ3) is 4.42. The van der Waals surface area contributed by atoms with E-state index >= 15 is 0 Å². The number of benzene rings is 2. The molecule has 1 heterocycles. The molecule has 9 heteroatoms. The first-order chi connectivity index (χ1) is 13.3. The van der Waals surface area contributed by atoms with E-state index in [0.717, 1.165) is 23.9 Å². The second kappa shape index (κ2) is 8.30. The highest BCUT2D eigenvalue weighted by atomic mass is 32.2. The Bertz CT molecular complexity index is 1100. The molecule has 2 aromatic carbocycles. The lowest BCUT2D eigenvalue weighted by Gasteiger charge is -2.09. The molecule has 3 aromatic rings. The molecule has 0 bridgehead atoms. The molecular weight excluding hydrogens is 391 g/mol. The van der Waals surface area contributed by atoms with Gasteiger partial charge in [-0.15, -0.1) is 0 Å². The molecular formula is C19H14F3N3O2S. The summed E-state index contributed by atoms with van der Waals surface area (Å²) in [5, 5.41) is 2.33. The number of amides is 1. The van der Waals surface area contributed by atoms with Crippen molar-refractivity contribution in [3.8, 4) is 5.69 Å². The summed E-state index contributed by atoms with van der Waals surface area (Å²) in [6.07, 6.45) is 2.75. The maximum absolute atomic E-state index is 13.8. The van der Waals surface area contributed by atoms with Crippen LogP contribution < -0.4 is 10.9 Å². The van der Waals surface area contributed by atoms with E-state index in [9.17, 15) is 22.8 Å². The van der Waals surface area contributed by atoms with E-state index in [0.29, 0.717) is 17.3 Å². The van der Waals surface area contributed by atoms with Crippen LogP contribution in [0.3, 0.4) is 0 Å². The van der Waals surface area contributed by atoms with Gasteiger partial charge in [0.2, 0.25) is 5.91 Å². The molecule has 1 amide bonds. The van der Waals surface area contributed by atoms with Crippen molar-refractivity contribution in [1.82, 2.24) is 9.55 Å². The molecule has 0 aliphatic heterocycles. The van der Waals surface area contributed by atoms with E-state index in [-0.39, 0.29) is 16.5 Å². The highest BCUT2D eigenvalue weighted by Crippen LogP contribution is 2.17. The fourth-order valence-electron chi connectivity index (χ4n) is 2.34. The summed E-state index contributed by atoms with van der Waals surface area (Å²) in [5.74, 6) is -2.92. The second-order valence-electron chi connectivity index (χ2n) is 5.80. The zero-order valence-corrected chi connectivity index (χ0v) is 15.4. The average Bonchev–Trinajstić information content (AvgIpc) is 2.65. The van der Waals surface area contributed by atoms with E-state index in [1.807, 2.05) is 0 Å². The van der Waals surface area contributed by atoms with Crippen molar-refractivity contribution in [1.29, 1.82) is 0 Å². The molecule has 0 aliphatic rings. The molecule has 0 atom stereocenters. The standard InChI is InChI=1S/C19H14F3N3O2S/c1-11-2-4-13(9-14(11)21)25-7-6-23-18(19(25)27)28-10-17(26)24-16-5-3-12(20)8-15(16)22/h2-9H,10H2,1H3,(H,24,26). The summed E-state index contributed by atoms with van der Waals surface area (Å²) in [4.78, 5) is 28.5. The van der Waals surface area contributed by atoms with Gasteiger partial charge in [-0.25, -0.2) is 18.2 Å². The minimum absolute atomic E-state index is 0.0261. The molecule has 0 saturated carbocycles. The third-order valence-electron chi connectivity index (χ3n) is 3.79. The van der Waals surface area contributed by atoms with Crippen molar-refractivity contribution >= 4 is 23.4 Å². The van der Waals surface area contributed by atoms with Crippen LogP contribution in [-0.4, -0.2) is 21.2 Å². The molecule has 0 aliphatic carbocycles. The first kappa shape index (κ1) is 19.7. The number of carbonyl (C=O) groups is 1. The summed E-state index contributed by atoms with van der Waals surface area (Å²) in [7, 11) is 0. The van der Waals surface area contributed by atoms with Gasteiger partial charge < -0.3 is 5.32 Å². The van der Waals surface area contributed by atoms with Crippen LogP contribution in [0.1, 0.15) is 5.56 Å². The SMILES string of the molecule is Cc1ccc(-n2ccnc(SCC(=O)Nc3ccc(F)cc3F)c2=O)cc1F. The topological polar surface area (TPSA) is 64.0 Å². The van der Waals surface area contributed by atoms with Crippen molar-refractivity contribution in [2.24, 2.45) is 0 Å². The van der Waals surface area contributed by atoms with Crippen LogP contribution in [0.2, 0.25) is 0 Å². The average molecular weight is 405 g/mol. The summed E-state index contributed by atoms with van der Waals surface area (Å²) >= 11 is 0.853. The van der Waals surface area contributed by atoms with Crippen molar-refractivity contribution in [2.45, 2.75) is 11.9 Å². The second-order valence-corrected chi connectivity index (χ2v) is 6.77. The Labute approximate surface area is 162 Å². The Morgan fingerprint density at radius 3 is 2.64 bits per heavy atom. The fraction of sp³-hybridized carbons (Fsp3) is 0.105. The number of nitrogens with one attached hydrogen (secondary N) is 1. The molecule has 0 unspecified atom stereocenters. The van der Waals surface area contributed by atoms with E-state index in [1.54, 1.807) is 19.1 Å². The van der Waals surface area contributed by atoms with Crippen LogP contribution in [0.4, 0.5) is 18.9 Å². The van der Waals surface area contributed by atoms with Gasteiger partial charge in [0, 0.05) is 18.5 Å². The molecule has 3 rings (SSSR count). The number of aromatic nitrogens is 2. The molecule has 0 spiro atoms. The third-order valence-corrected chi connectivity index (χ3v) is 4.75. The Balaban J connectivity index is 1.73. The Morgan fingerprint density at radius 1 is 1.14 bits per heavy atom. The van der Waals surface area contributed by atoms with Gasteiger partial charge in [0.1, 0.15) is 17.5 Å². The summed E-state index contributed by atoms with van der Waals surface area (Å²) < 4.78 is 41.5. The number of hydrogen-bond donors (Lipinski definition) is 1. The molecule has 0 radical (unpaired) electrons. The van der Waals surface area contributed by atoms with Gasteiger partial charge >= 0.3 is 0 Å². The van der Waals surface area contributed by atoms with Gasteiger partial charge in [-0.1, -0.05) is 17.8 Å². The van der Waals surface area contributed by atoms with E-state index in [2.05, 4.69) is 10.3 Å². The number of carbonyl (C=O) groups excluding carboxylic acids is 1. The number of nitrogens with zero attached hydrogens (tertiary/aromatic N) is 2. The maximum atomic E-state index is 13.8. The van der Waals surface area contributed by atoms with Crippen LogP contribution >= 0.6 is 11.8 Å². The van der Waals surface area contributed by atoms with Crippen LogP contribution in [-0.2, 0) is 4.79 Å². The van der Waals surface area contributed by atoms with E-state index < -0.39 is 28.9 Å². The highest BCUT2D eigenvalue weighted by Gasteiger charge is 2.13. The minimum atomic E-state index is -0.903. The van der Waals surface area contributed by atoms with E-state index in [1.165, 1.54) is 23.0 Å². The molecule has 144 valence electrons. The monoisotopic (exact) mass is 405 g/mol. The Kier molecular flexibility index (Phi) is 5.84. The molecule has 5 nitrogen and oxygen atoms in total. The van der Waals surface area contributed by atoms with Crippen LogP contribution in [0.25, 0.3) is 5.69 Å². The summed E-state index contributed by atoms with van der Waals surface area (Å²) in [6, 6.07) is 7.15. The largest absolute Gasteiger partial charge is 0.323 e. The predicted octanol–water partition coefficient (Wildman–Crippen LogP) is 3.69. The lowest BCUT2D eigenvalue weighted by Crippen LogP contribution is -2.22. The van der Waals surface area contributed by atoms with Gasteiger partial charge in [0.25, 0.3) is 5.56 Å². The number of halogens is 3. The minimum Gasteiger partial charge on any atom is -0.323 e. The molecule has 28 heavy (non-hydrogen) atoms. The van der Waals surface area contributed by atoms with Gasteiger partial charge in [-0.05, 0) is 36.8 Å². The maximum Gasteiger partial charge on any atom is 0.287 e. The highest BCUT2D eigenvalue weighted by molar-refractivity contribution is 7.99. The number of thioether (sulfide) groups is 1. The number of rotatable bonds is 5. The zero-order chi connectivity index (χ0) is 20.3. The van der Waals surface area contributed by atoms with Crippen molar-refractivity contribution in [3.05, 3.63) is 82.2 Å². The number of aryl methyl sites for hydroxylation is 1. The van der Waals surface area contributed by atoms with Gasteiger partial charge in [0.05, 0.1) is 17.1 Å². The number of hydrogen-bond acceptors (Lipinski definition) is 4. The van der Waals surface area contributed by atoms with Crippen LogP contribution in [0, 0.1) is 24.4 Å². The Hall–Kier alpha value is -3.07. The number of anilines is 1. The lowest BCUT2D eigenvalue weighted by atomic mass is 10.2. The first-order valence-electron chi connectivity index (χ1n) is 8.07. The van der Waals surface area contributed by atoms with Gasteiger partial charge in [0.15, 0.2) is 5.03 Å². The van der Waals surface area contributed by atoms with Crippen LogP contribution in [0.5, 0.6) is 0 Å². The quantitative estimate of drug-likeness (QED) is 0.658. The van der Waals surface area contributed by atoms with Gasteiger partial charge in [-0.3, -0.25) is 14.2 Å². The summed E-state index contributed by atoms with van der Waals surface area (Å²) in [6.45, 7) is 1.61. The Morgan fingerprint density at radius 2 is 1.93 bits per heavy atom. The summed E-state index contributed by atoms with van der Waals surface area (Å²) in [5.41, 5.74) is 0.0948. The predicted molar refractivity (Wildman–Crippen MR) is 100 cm³/mol. The van der Waals surface area contributed by atoms with Gasteiger partial charge in [-0.2, -0.15) is 0 Å². The zero-order valence-electron chi connectivity index (χ0n) is 14.6. The van der Waals surface area contributed by atoms with Crippen molar-refractivity contribution in [3.63, 3.8) is 0 Å². The fourth-order valence-corrected chi connectivity index (χ4v) is 3.04. The normalized spacial score (nSPS) is 10.7.